The monoisotopic (exact) mass is 536 g/mol. The molecule has 38 heavy (non-hydrogen) atoms. The molecule has 0 unspecified atom stereocenters. The van der Waals surface area contributed by atoms with Gasteiger partial charge in [0.25, 0.3) is 0 Å². The van der Waals surface area contributed by atoms with Crippen LogP contribution < -0.4 is 0 Å². The summed E-state index contributed by atoms with van der Waals surface area (Å²) in [4.78, 5) is 20.5. The maximum atomic E-state index is 11.6. The zero-order valence-corrected chi connectivity index (χ0v) is 25.0. The van der Waals surface area contributed by atoms with E-state index in [4.69, 9.17) is 9.47 Å². The second-order valence-corrected chi connectivity index (χ2v) is 17.1. The third-order valence-electron chi connectivity index (χ3n) is 7.29. The predicted octanol–water partition coefficient (Wildman–Crippen LogP) is 6.88. The lowest BCUT2D eigenvalue weighted by atomic mass is 9.77. The SMILES string of the molecule is C=N/C(=C\C=C(/C)c1nc(C)n(COCC[Si](C)(C)C)n1)c1ccc(C2CCC(CC(=O)OC)CC2)cc1. The maximum absolute atomic E-state index is 11.6. The van der Waals surface area contributed by atoms with Gasteiger partial charge in [-0.2, -0.15) is 0 Å². The number of aryl methyl sites for hydroxylation is 1. The van der Waals surface area contributed by atoms with Crippen LogP contribution in [-0.2, 0) is 21.0 Å². The van der Waals surface area contributed by atoms with E-state index in [0.29, 0.717) is 30.8 Å². The number of ether oxygens (including phenoxy) is 2. The minimum Gasteiger partial charge on any atom is -0.469 e. The summed E-state index contributed by atoms with van der Waals surface area (Å²) in [6.07, 6.45) is 8.84. The van der Waals surface area contributed by atoms with Crippen molar-refractivity contribution in [2.45, 2.75) is 84.3 Å². The number of benzene rings is 1. The van der Waals surface area contributed by atoms with Gasteiger partial charge in [0.1, 0.15) is 12.6 Å². The van der Waals surface area contributed by atoms with Gasteiger partial charge in [0.2, 0.25) is 0 Å². The Labute approximate surface area is 229 Å². The zero-order chi connectivity index (χ0) is 27.7. The second-order valence-electron chi connectivity index (χ2n) is 11.5. The van der Waals surface area contributed by atoms with E-state index in [1.165, 1.54) is 12.7 Å². The van der Waals surface area contributed by atoms with E-state index < -0.39 is 8.07 Å². The first kappa shape index (κ1) is 29.7. The number of methoxy groups -OCH3 is 1. The summed E-state index contributed by atoms with van der Waals surface area (Å²) in [5.41, 5.74) is 4.13. The van der Waals surface area contributed by atoms with Crippen molar-refractivity contribution in [3.05, 3.63) is 59.2 Å². The minimum atomic E-state index is -1.11. The van der Waals surface area contributed by atoms with Crippen molar-refractivity contribution in [3.8, 4) is 0 Å². The maximum Gasteiger partial charge on any atom is 0.305 e. The number of carbonyl (C=O) groups excluding carboxylic acids is 1. The number of rotatable bonds is 12. The average Bonchev–Trinajstić information content (AvgIpc) is 3.27. The van der Waals surface area contributed by atoms with E-state index in [1.807, 2.05) is 30.7 Å². The van der Waals surface area contributed by atoms with Crippen LogP contribution in [-0.4, -0.2) is 49.2 Å². The Kier molecular flexibility index (Phi) is 10.8. The molecule has 0 spiro atoms. The molecule has 206 valence electrons. The highest BCUT2D eigenvalue weighted by atomic mass is 28.3. The Morgan fingerprint density at radius 1 is 1.16 bits per heavy atom. The Bertz CT molecular complexity index is 1140. The fraction of sp³-hybridized carbons (Fsp3) is 0.533. The Balaban J connectivity index is 1.60. The summed E-state index contributed by atoms with van der Waals surface area (Å²) < 4.78 is 12.5. The molecule has 8 heteroatoms. The Morgan fingerprint density at radius 3 is 2.45 bits per heavy atom. The molecule has 0 bridgehead atoms. The molecular formula is C30H44N4O3Si. The van der Waals surface area contributed by atoms with Crippen LogP contribution in [0.1, 0.15) is 67.7 Å². The summed E-state index contributed by atoms with van der Waals surface area (Å²) >= 11 is 0. The lowest BCUT2D eigenvalue weighted by molar-refractivity contribution is -0.142. The molecule has 1 aliphatic carbocycles. The first-order valence-electron chi connectivity index (χ1n) is 13.6. The number of allylic oxidation sites excluding steroid dienone is 3. The first-order valence-corrected chi connectivity index (χ1v) is 17.3. The smallest absolute Gasteiger partial charge is 0.305 e. The highest BCUT2D eigenvalue weighted by Gasteiger charge is 2.24. The molecule has 0 N–H and O–H groups in total. The van der Waals surface area contributed by atoms with Gasteiger partial charge >= 0.3 is 5.97 Å². The molecule has 1 aliphatic rings. The van der Waals surface area contributed by atoms with Crippen molar-refractivity contribution in [2.24, 2.45) is 10.9 Å². The minimum absolute atomic E-state index is 0.0977. The van der Waals surface area contributed by atoms with Gasteiger partial charge in [-0.3, -0.25) is 9.79 Å². The Morgan fingerprint density at radius 2 is 1.84 bits per heavy atom. The van der Waals surface area contributed by atoms with Crippen molar-refractivity contribution < 1.29 is 14.3 Å². The second kappa shape index (κ2) is 13.8. The number of hydrogen-bond donors (Lipinski definition) is 0. The van der Waals surface area contributed by atoms with Crippen LogP contribution >= 0.6 is 0 Å². The van der Waals surface area contributed by atoms with Gasteiger partial charge in [0, 0.05) is 26.7 Å². The van der Waals surface area contributed by atoms with Crippen LogP contribution in [0.2, 0.25) is 25.7 Å². The number of hydrogen-bond acceptors (Lipinski definition) is 6. The average molecular weight is 537 g/mol. The number of nitrogens with zero attached hydrogens (tertiary/aromatic N) is 4. The predicted molar refractivity (Wildman–Crippen MR) is 158 cm³/mol. The molecule has 1 saturated carbocycles. The van der Waals surface area contributed by atoms with Crippen molar-refractivity contribution in [2.75, 3.05) is 13.7 Å². The highest BCUT2D eigenvalue weighted by Crippen LogP contribution is 2.37. The van der Waals surface area contributed by atoms with Crippen LogP contribution in [0.3, 0.4) is 0 Å². The fourth-order valence-electron chi connectivity index (χ4n) is 4.70. The molecule has 0 radical (unpaired) electrons. The Hall–Kier alpha value is -2.84. The molecule has 1 heterocycles. The summed E-state index contributed by atoms with van der Waals surface area (Å²) in [6, 6.07) is 9.77. The molecule has 0 atom stereocenters. The molecule has 2 aromatic rings. The zero-order valence-electron chi connectivity index (χ0n) is 24.0. The van der Waals surface area contributed by atoms with E-state index in [-0.39, 0.29) is 5.97 Å². The normalized spacial score (nSPS) is 18.9. The van der Waals surface area contributed by atoms with Crippen molar-refractivity contribution in [1.29, 1.82) is 0 Å². The van der Waals surface area contributed by atoms with Gasteiger partial charge in [-0.05, 0) is 81.3 Å². The van der Waals surface area contributed by atoms with Gasteiger partial charge in [-0.25, -0.2) is 9.67 Å². The van der Waals surface area contributed by atoms with E-state index in [9.17, 15) is 4.79 Å². The number of carbonyl (C=O) groups is 1. The fourth-order valence-corrected chi connectivity index (χ4v) is 5.46. The van der Waals surface area contributed by atoms with Crippen molar-refractivity contribution >= 4 is 32.0 Å². The number of esters is 1. The molecule has 0 saturated heterocycles. The van der Waals surface area contributed by atoms with Gasteiger partial charge in [0.05, 0.1) is 12.8 Å². The van der Waals surface area contributed by atoms with Crippen LogP contribution in [0.15, 0.2) is 41.4 Å². The van der Waals surface area contributed by atoms with Crippen molar-refractivity contribution in [3.63, 3.8) is 0 Å². The quantitative estimate of drug-likeness (QED) is 0.0971. The van der Waals surface area contributed by atoms with E-state index in [0.717, 1.165) is 61.0 Å². The molecular weight excluding hydrogens is 492 g/mol. The van der Waals surface area contributed by atoms with Crippen molar-refractivity contribution in [1.82, 2.24) is 14.8 Å². The summed E-state index contributed by atoms with van der Waals surface area (Å²) in [6.45, 7) is 16.0. The van der Waals surface area contributed by atoms with Crippen LogP contribution in [0.25, 0.3) is 11.3 Å². The number of aromatic nitrogens is 3. The molecule has 0 amide bonds. The van der Waals surface area contributed by atoms with Gasteiger partial charge in [-0.1, -0.05) is 50.0 Å². The number of aliphatic imine (C=N–C) groups is 1. The third kappa shape index (κ3) is 8.87. The van der Waals surface area contributed by atoms with E-state index in [1.54, 1.807) is 0 Å². The highest BCUT2D eigenvalue weighted by molar-refractivity contribution is 6.76. The van der Waals surface area contributed by atoms with E-state index >= 15 is 0 Å². The third-order valence-corrected chi connectivity index (χ3v) is 8.99. The van der Waals surface area contributed by atoms with Gasteiger partial charge in [0.15, 0.2) is 5.82 Å². The largest absolute Gasteiger partial charge is 0.469 e. The first-order chi connectivity index (χ1) is 18.1. The summed E-state index contributed by atoms with van der Waals surface area (Å²) in [7, 11) is 0.354. The molecule has 7 nitrogen and oxygen atoms in total. The lowest BCUT2D eigenvalue weighted by Gasteiger charge is -2.28. The van der Waals surface area contributed by atoms with E-state index in [2.05, 4.69) is 65.7 Å². The summed E-state index contributed by atoms with van der Waals surface area (Å²) in [5, 5.41) is 4.63. The molecule has 3 rings (SSSR count). The standard InChI is InChI=1S/C30H44N4O3Si/c1-22(30-32-23(2)34(33-30)21-37-18-19-38(5,6)7)8-17-28(31-3)27-15-13-26(14-16-27)25-11-9-24(10-12-25)20-29(35)36-4/h8,13-17,24-25H,3,9-12,18-21H2,1-2,4-7H3/b22-8+,28-17-. The van der Waals surface area contributed by atoms with Gasteiger partial charge < -0.3 is 9.47 Å². The molecule has 0 aliphatic heterocycles. The molecule has 1 fully saturated rings. The van der Waals surface area contributed by atoms with Crippen LogP contribution in [0.4, 0.5) is 0 Å². The lowest BCUT2D eigenvalue weighted by Crippen LogP contribution is -2.22. The molecule has 1 aromatic heterocycles. The van der Waals surface area contributed by atoms with Crippen LogP contribution in [0.5, 0.6) is 0 Å². The summed E-state index contributed by atoms with van der Waals surface area (Å²) in [5.74, 6) is 2.41. The molecule has 1 aromatic carbocycles. The van der Waals surface area contributed by atoms with Crippen LogP contribution in [0, 0.1) is 12.8 Å². The topological polar surface area (TPSA) is 78.6 Å². The van der Waals surface area contributed by atoms with Gasteiger partial charge in [-0.15, -0.1) is 5.10 Å².